The van der Waals surface area contributed by atoms with Crippen molar-refractivity contribution < 1.29 is 0 Å². The average molecular weight is 359 g/mol. The Morgan fingerprint density at radius 3 is 2.35 bits per heavy atom. The van der Waals surface area contributed by atoms with Gasteiger partial charge >= 0.3 is 0 Å². The number of hydrogen-bond donors (Lipinski definition) is 0. The van der Waals surface area contributed by atoms with E-state index in [0.717, 1.165) is 41.4 Å². The Bertz CT molecular complexity index is 494. The van der Waals surface area contributed by atoms with Crippen molar-refractivity contribution in [3.63, 3.8) is 0 Å². The molecule has 4 saturated carbocycles. The SMILES string of the molecule is CCC[C@@H](C)[C@H]1CC[C@H]2[C@@H]3C[C@H](CC)C4CCCC[C@]4(C)[C@H]3CC[C@]12C. The molecule has 4 fully saturated rings. The van der Waals surface area contributed by atoms with E-state index in [-0.39, 0.29) is 0 Å². The summed E-state index contributed by atoms with van der Waals surface area (Å²) < 4.78 is 0. The van der Waals surface area contributed by atoms with Gasteiger partial charge < -0.3 is 0 Å². The topological polar surface area (TPSA) is 0 Å². The van der Waals surface area contributed by atoms with Crippen molar-refractivity contribution in [1.29, 1.82) is 0 Å². The molecule has 4 rings (SSSR count). The molecule has 4 aliphatic rings. The molecule has 26 heavy (non-hydrogen) atoms. The highest BCUT2D eigenvalue weighted by Crippen LogP contribution is 2.69. The zero-order valence-corrected chi connectivity index (χ0v) is 18.5. The van der Waals surface area contributed by atoms with Crippen LogP contribution in [0.15, 0.2) is 0 Å². The van der Waals surface area contributed by atoms with Crippen LogP contribution in [0.3, 0.4) is 0 Å². The molecule has 0 heterocycles. The molecule has 0 amide bonds. The minimum Gasteiger partial charge on any atom is -0.0654 e. The lowest BCUT2D eigenvalue weighted by Gasteiger charge is -2.63. The maximum atomic E-state index is 2.76. The molecule has 0 aromatic heterocycles. The highest BCUT2D eigenvalue weighted by atomic mass is 14.7. The van der Waals surface area contributed by atoms with E-state index >= 15 is 0 Å². The summed E-state index contributed by atoms with van der Waals surface area (Å²) in [5.41, 5.74) is 1.36. The molecule has 0 aromatic rings. The van der Waals surface area contributed by atoms with E-state index in [9.17, 15) is 0 Å². The number of hydrogen-bond acceptors (Lipinski definition) is 0. The van der Waals surface area contributed by atoms with Crippen molar-refractivity contribution >= 4 is 0 Å². The molecule has 0 spiro atoms. The first-order valence-corrected chi connectivity index (χ1v) is 12.5. The van der Waals surface area contributed by atoms with Gasteiger partial charge in [0.15, 0.2) is 0 Å². The van der Waals surface area contributed by atoms with Crippen LogP contribution in [0.1, 0.15) is 112 Å². The molecule has 0 bridgehead atoms. The van der Waals surface area contributed by atoms with Gasteiger partial charge in [0.25, 0.3) is 0 Å². The summed E-state index contributed by atoms with van der Waals surface area (Å²) in [6.07, 6.45) is 18.2. The predicted molar refractivity (Wildman–Crippen MR) is 113 cm³/mol. The molecule has 1 unspecified atom stereocenters. The Labute approximate surface area is 164 Å². The van der Waals surface area contributed by atoms with Crippen molar-refractivity contribution in [2.75, 3.05) is 0 Å². The van der Waals surface area contributed by atoms with Crippen molar-refractivity contribution in [3.05, 3.63) is 0 Å². The van der Waals surface area contributed by atoms with Crippen LogP contribution in [-0.2, 0) is 0 Å². The van der Waals surface area contributed by atoms with E-state index in [0.29, 0.717) is 10.8 Å². The summed E-state index contributed by atoms with van der Waals surface area (Å²) in [7, 11) is 0. The van der Waals surface area contributed by atoms with Crippen molar-refractivity contribution in [1.82, 2.24) is 0 Å². The van der Waals surface area contributed by atoms with Crippen LogP contribution in [-0.4, -0.2) is 0 Å². The van der Waals surface area contributed by atoms with E-state index < -0.39 is 0 Å². The van der Waals surface area contributed by atoms with Gasteiger partial charge in [0.2, 0.25) is 0 Å². The summed E-state index contributed by atoms with van der Waals surface area (Å²) in [5.74, 6) is 7.25. The van der Waals surface area contributed by atoms with Crippen LogP contribution in [0.2, 0.25) is 0 Å². The predicted octanol–water partition coefficient (Wildman–Crippen LogP) is 8.11. The molecule has 0 saturated heterocycles. The van der Waals surface area contributed by atoms with E-state index in [4.69, 9.17) is 0 Å². The molecular formula is C26H46. The van der Waals surface area contributed by atoms with Crippen LogP contribution >= 0.6 is 0 Å². The Morgan fingerprint density at radius 2 is 1.62 bits per heavy atom. The van der Waals surface area contributed by atoms with Gasteiger partial charge in [-0.3, -0.25) is 0 Å². The molecule has 0 aliphatic heterocycles. The second kappa shape index (κ2) is 7.11. The molecule has 4 aliphatic carbocycles. The lowest BCUT2D eigenvalue weighted by molar-refractivity contribution is -0.138. The van der Waals surface area contributed by atoms with Gasteiger partial charge in [0.1, 0.15) is 0 Å². The zero-order valence-electron chi connectivity index (χ0n) is 18.5. The summed E-state index contributed by atoms with van der Waals surface area (Å²) in [5, 5.41) is 0. The molecule has 0 heteroatoms. The highest BCUT2D eigenvalue weighted by Gasteiger charge is 2.61. The third kappa shape index (κ3) is 2.75. The van der Waals surface area contributed by atoms with Gasteiger partial charge in [-0.1, -0.05) is 66.7 Å². The van der Waals surface area contributed by atoms with Gasteiger partial charge in [0, 0.05) is 0 Å². The molecular weight excluding hydrogens is 312 g/mol. The summed E-state index contributed by atoms with van der Waals surface area (Å²) in [6.45, 7) is 13.0. The quantitative estimate of drug-likeness (QED) is 0.476. The highest BCUT2D eigenvalue weighted by molar-refractivity contribution is 5.10. The second-order valence-electron chi connectivity index (χ2n) is 11.6. The first kappa shape index (κ1) is 19.3. The van der Waals surface area contributed by atoms with Crippen molar-refractivity contribution in [2.45, 2.75) is 112 Å². The fourth-order valence-electron chi connectivity index (χ4n) is 9.65. The third-order valence-electron chi connectivity index (χ3n) is 10.8. The fraction of sp³-hybridized carbons (Fsp3) is 1.00. The molecule has 0 radical (unpaired) electrons. The Morgan fingerprint density at radius 1 is 0.846 bits per heavy atom. The van der Waals surface area contributed by atoms with Crippen LogP contribution in [0.5, 0.6) is 0 Å². The lowest BCUT2D eigenvalue weighted by Crippen LogP contribution is -2.55. The Hall–Kier alpha value is 0. The Balaban J connectivity index is 1.62. The molecule has 0 N–H and O–H groups in total. The number of rotatable bonds is 4. The maximum absolute atomic E-state index is 2.76. The van der Waals surface area contributed by atoms with Crippen LogP contribution < -0.4 is 0 Å². The zero-order chi connectivity index (χ0) is 18.5. The molecule has 150 valence electrons. The largest absolute Gasteiger partial charge is 0.0654 e. The van der Waals surface area contributed by atoms with Crippen molar-refractivity contribution in [3.8, 4) is 0 Å². The second-order valence-corrected chi connectivity index (χ2v) is 11.6. The van der Waals surface area contributed by atoms with Gasteiger partial charge in [-0.2, -0.15) is 0 Å². The van der Waals surface area contributed by atoms with Crippen LogP contribution in [0, 0.1) is 52.3 Å². The molecule has 9 atom stereocenters. The third-order valence-corrected chi connectivity index (χ3v) is 10.8. The lowest BCUT2D eigenvalue weighted by atomic mass is 9.42. The first-order chi connectivity index (χ1) is 12.5. The molecule has 0 nitrogen and oxygen atoms in total. The minimum atomic E-state index is 0.673. The summed E-state index contributed by atoms with van der Waals surface area (Å²) >= 11 is 0. The van der Waals surface area contributed by atoms with Gasteiger partial charge in [0.05, 0.1) is 0 Å². The average Bonchev–Trinajstić information content (AvgIpc) is 2.98. The molecule has 0 aromatic carbocycles. The first-order valence-electron chi connectivity index (χ1n) is 12.5. The summed E-state index contributed by atoms with van der Waals surface area (Å²) in [4.78, 5) is 0. The van der Waals surface area contributed by atoms with E-state index in [1.165, 1.54) is 32.1 Å². The van der Waals surface area contributed by atoms with Crippen LogP contribution in [0.25, 0.3) is 0 Å². The Kier molecular flexibility index (Phi) is 5.28. The van der Waals surface area contributed by atoms with Gasteiger partial charge in [-0.25, -0.2) is 0 Å². The van der Waals surface area contributed by atoms with Crippen LogP contribution in [0.4, 0.5) is 0 Å². The minimum absolute atomic E-state index is 0.673. The van der Waals surface area contributed by atoms with E-state index in [1.54, 1.807) is 44.9 Å². The monoisotopic (exact) mass is 358 g/mol. The normalized spacial score (nSPS) is 52.0. The smallest absolute Gasteiger partial charge is 0.0264 e. The fourth-order valence-corrected chi connectivity index (χ4v) is 9.65. The summed E-state index contributed by atoms with van der Waals surface area (Å²) in [6, 6.07) is 0. The van der Waals surface area contributed by atoms with E-state index in [1.807, 2.05) is 0 Å². The van der Waals surface area contributed by atoms with E-state index in [2.05, 4.69) is 34.6 Å². The number of fused-ring (bicyclic) bond motifs is 5. The van der Waals surface area contributed by atoms with Gasteiger partial charge in [-0.05, 0) is 97.2 Å². The maximum Gasteiger partial charge on any atom is -0.0264 e. The van der Waals surface area contributed by atoms with Gasteiger partial charge in [-0.15, -0.1) is 0 Å². The van der Waals surface area contributed by atoms with Crippen molar-refractivity contribution in [2.24, 2.45) is 52.3 Å². The standard InChI is InChI=1S/C26H46/c1-6-10-18(3)21-12-13-23-20-17-19(7-2)22-11-8-9-15-25(22,4)24(20)14-16-26(21,23)5/h18-24H,6-17H2,1-5H3/t18-,19+,20+,21-,22?,23+,24+,25+,26-/m1/s1.